The highest BCUT2D eigenvalue weighted by molar-refractivity contribution is 7.12. The average molecular weight is 280 g/mol. The summed E-state index contributed by atoms with van der Waals surface area (Å²) in [6.45, 7) is 2.61. The molecule has 0 bridgehead atoms. The van der Waals surface area contributed by atoms with E-state index >= 15 is 0 Å². The van der Waals surface area contributed by atoms with Crippen molar-refractivity contribution in [1.29, 1.82) is 0 Å². The van der Waals surface area contributed by atoms with Crippen LogP contribution in [0.3, 0.4) is 0 Å². The van der Waals surface area contributed by atoms with Gasteiger partial charge in [-0.05, 0) is 23.9 Å². The summed E-state index contributed by atoms with van der Waals surface area (Å²) >= 11 is 1.39. The lowest BCUT2D eigenvalue weighted by Crippen LogP contribution is -2.27. The zero-order valence-electron chi connectivity index (χ0n) is 10.2. The summed E-state index contributed by atoms with van der Waals surface area (Å²) in [7, 11) is 0. The van der Waals surface area contributed by atoms with Crippen LogP contribution < -0.4 is 5.32 Å². The molecule has 7 nitrogen and oxygen atoms in total. The Hall–Kier alpha value is -2.22. The third-order valence-electron chi connectivity index (χ3n) is 2.45. The second-order valence-electron chi connectivity index (χ2n) is 3.86. The predicted molar refractivity (Wildman–Crippen MR) is 68.4 cm³/mol. The van der Waals surface area contributed by atoms with Crippen LogP contribution in [0.1, 0.15) is 25.7 Å². The monoisotopic (exact) mass is 280 g/mol. The van der Waals surface area contributed by atoms with Crippen molar-refractivity contribution in [2.45, 2.75) is 13.5 Å². The van der Waals surface area contributed by atoms with Crippen LogP contribution in [0.2, 0.25) is 0 Å². The summed E-state index contributed by atoms with van der Waals surface area (Å²) in [6.07, 6.45) is 1.32. The van der Waals surface area contributed by atoms with Gasteiger partial charge in [-0.25, -0.2) is 9.48 Å². The van der Waals surface area contributed by atoms with E-state index in [1.54, 1.807) is 0 Å². The van der Waals surface area contributed by atoms with Crippen molar-refractivity contribution < 1.29 is 14.7 Å². The Morgan fingerprint density at radius 1 is 1.53 bits per heavy atom. The van der Waals surface area contributed by atoms with Crippen molar-refractivity contribution in [2.24, 2.45) is 0 Å². The number of nitrogens with one attached hydrogen (secondary N) is 1. The second-order valence-corrected chi connectivity index (χ2v) is 4.78. The maximum Gasteiger partial charge on any atom is 0.358 e. The van der Waals surface area contributed by atoms with Crippen molar-refractivity contribution in [1.82, 2.24) is 20.3 Å². The minimum Gasteiger partial charge on any atom is -0.476 e. The molecule has 0 spiro atoms. The molecule has 19 heavy (non-hydrogen) atoms. The number of rotatable bonds is 5. The zero-order chi connectivity index (χ0) is 13.8. The van der Waals surface area contributed by atoms with Gasteiger partial charge in [-0.2, -0.15) is 0 Å². The Bertz CT molecular complexity index is 605. The fraction of sp³-hybridized carbons (Fsp3) is 0.273. The predicted octanol–water partition coefficient (Wildman–Crippen LogP) is 0.776. The minimum absolute atomic E-state index is 0.111. The van der Waals surface area contributed by atoms with Gasteiger partial charge in [-0.3, -0.25) is 4.79 Å². The molecule has 100 valence electrons. The minimum atomic E-state index is -1.12. The molecule has 0 saturated heterocycles. The van der Waals surface area contributed by atoms with E-state index in [0.29, 0.717) is 18.0 Å². The lowest BCUT2D eigenvalue weighted by molar-refractivity contribution is 0.0690. The highest BCUT2D eigenvalue weighted by Crippen LogP contribution is 2.14. The van der Waals surface area contributed by atoms with Gasteiger partial charge in [0.15, 0.2) is 5.69 Å². The summed E-state index contributed by atoms with van der Waals surface area (Å²) < 4.78 is 1.38. The highest BCUT2D eigenvalue weighted by Gasteiger charge is 2.10. The van der Waals surface area contributed by atoms with Crippen LogP contribution in [0.4, 0.5) is 0 Å². The van der Waals surface area contributed by atoms with E-state index in [4.69, 9.17) is 5.11 Å². The van der Waals surface area contributed by atoms with E-state index < -0.39 is 5.97 Å². The van der Waals surface area contributed by atoms with Crippen molar-refractivity contribution in [3.8, 4) is 0 Å². The number of aromatic nitrogens is 3. The SMILES string of the molecule is Cc1ccsc1C(=O)NCCn1cc(C(=O)O)nn1. The van der Waals surface area contributed by atoms with Gasteiger partial charge in [0.25, 0.3) is 5.91 Å². The maximum absolute atomic E-state index is 11.8. The smallest absolute Gasteiger partial charge is 0.358 e. The van der Waals surface area contributed by atoms with E-state index in [2.05, 4.69) is 15.6 Å². The van der Waals surface area contributed by atoms with Crippen LogP contribution in [-0.4, -0.2) is 38.5 Å². The number of carbonyl (C=O) groups excluding carboxylic acids is 1. The van der Waals surface area contributed by atoms with Crippen LogP contribution in [0.15, 0.2) is 17.6 Å². The number of carboxylic acid groups (broad SMARTS) is 1. The van der Waals surface area contributed by atoms with Crippen molar-refractivity contribution in [3.63, 3.8) is 0 Å². The number of hydrogen-bond acceptors (Lipinski definition) is 5. The molecule has 0 aromatic carbocycles. The van der Waals surface area contributed by atoms with Gasteiger partial charge in [-0.15, -0.1) is 16.4 Å². The van der Waals surface area contributed by atoms with Crippen molar-refractivity contribution in [2.75, 3.05) is 6.54 Å². The number of aryl methyl sites for hydroxylation is 1. The molecule has 0 radical (unpaired) electrons. The van der Waals surface area contributed by atoms with Crippen LogP contribution >= 0.6 is 11.3 Å². The van der Waals surface area contributed by atoms with Gasteiger partial charge in [0.05, 0.1) is 17.6 Å². The number of amides is 1. The molecule has 0 atom stereocenters. The molecule has 2 N–H and O–H groups in total. The van der Waals surface area contributed by atoms with Gasteiger partial charge in [0.1, 0.15) is 0 Å². The quantitative estimate of drug-likeness (QED) is 0.843. The average Bonchev–Trinajstić information content (AvgIpc) is 2.97. The lowest BCUT2D eigenvalue weighted by Gasteiger charge is -2.04. The zero-order valence-corrected chi connectivity index (χ0v) is 11.0. The van der Waals surface area contributed by atoms with Crippen LogP contribution in [-0.2, 0) is 6.54 Å². The molecular weight excluding hydrogens is 268 g/mol. The first-order valence-electron chi connectivity index (χ1n) is 5.53. The summed E-state index contributed by atoms with van der Waals surface area (Å²) in [4.78, 5) is 23.1. The number of carboxylic acids is 1. The first kappa shape index (κ1) is 13.2. The molecule has 1 amide bonds. The third-order valence-corrected chi connectivity index (χ3v) is 3.47. The van der Waals surface area contributed by atoms with Gasteiger partial charge >= 0.3 is 5.97 Å². The summed E-state index contributed by atoms with van der Waals surface area (Å²) in [5, 5.41) is 20.4. The Balaban J connectivity index is 1.85. The number of thiophene rings is 1. The molecular formula is C11H12N4O3S. The fourth-order valence-electron chi connectivity index (χ4n) is 1.48. The molecule has 0 unspecified atom stereocenters. The molecule has 2 heterocycles. The fourth-order valence-corrected chi connectivity index (χ4v) is 2.32. The van der Waals surface area contributed by atoms with Crippen LogP contribution in [0, 0.1) is 6.92 Å². The number of carbonyl (C=O) groups is 2. The first-order chi connectivity index (χ1) is 9.08. The summed E-state index contributed by atoms with van der Waals surface area (Å²) in [5.41, 5.74) is 0.830. The molecule has 8 heteroatoms. The number of hydrogen-bond donors (Lipinski definition) is 2. The molecule has 0 saturated carbocycles. The molecule has 2 rings (SSSR count). The molecule has 2 aromatic heterocycles. The van der Waals surface area contributed by atoms with Crippen LogP contribution in [0.5, 0.6) is 0 Å². The van der Waals surface area contributed by atoms with Gasteiger partial charge in [0, 0.05) is 6.54 Å². The van der Waals surface area contributed by atoms with E-state index in [1.807, 2.05) is 18.4 Å². The molecule has 0 fully saturated rings. The van der Waals surface area contributed by atoms with E-state index in [9.17, 15) is 9.59 Å². The normalized spacial score (nSPS) is 10.4. The molecule has 0 aliphatic carbocycles. The van der Waals surface area contributed by atoms with Crippen LogP contribution in [0.25, 0.3) is 0 Å². The topological polar surface area (TPSA) is 97.1 Å². The van der Waals surface area contributed by atoms with Gasteiger partial charge < -0.3 is 10.4 Å². The Morgan fingerprint density at radius 3 is 2.89 bits per heavy atom. The van der Waals surface area contributed by atoms with Gasteiger partial charge in [-0.1, -0.05) is 5.21 Å². The molecule has 0 aliphatic heterocycles. The van der Waals surface area contributed by atoms with E-state index in [-0.39, 0.29) is 11.6 Å². The maximum atomic E-state index is 11.8. The second kappa shape index (κ2) is 5.61. The molecule has 0 aliphatic rings. The molecule has 2 aromatic rings. The Morgan fingerprint density at radius 2 is 2.32 bits per heavy atom. The highest BCUT2D eigenvalue weighted by atomic mass is 32.1. The Kier molecular flexibility index (Phi) is 3.91. The lowest BCUT2D eigenvalue weighted by atomic mass is 10.3. The summed E-state index contributed by atoms with van der Waals surface area (Å²) in [6, 6.07) is 1.89. The van der Waals surface area contributed by atoms with Crippen molar-refractivity contribution >= 4 is 23.2 Å². The largest absolute Gasteiger partial charge is 0.476 e. The van der Waals surface area contributed by atoms with Gasteiger partial charge in [0.2, 0.25) is 0 Å². The first-order valence-corrected chi connectivity index (χ1v) is 6.41. The standard InChI is InChI=1S/C11H12N4O3S/c1-7-2-5-19-9(7)10(16)12-3-4-15-6-8(11(17)18)13-14-15/h2,5-6H,3-4H2,1H3,(H,12,16)(H,17,18). The van der Waals surface area contributed by atoms with E-state index in [0.717, 1.165) is 5.56 Å². The summed E-state index contributed by atoms with van der Waals surface area (Å²) in [5.74, 6) is -1.25. The Labute approximate surface area is 112 Å². The number of nitrogens with zero attached hydrogens (tertiary/aromatic N) is 3. The third kappa shape index (κ3) is 3.16. The van der Waals surface area contributed by atoms with E-state index in [1.165, 1.54) is 22.2 Å². The number of aromatic carboxylic acids is 1. The van der Waals surface area contributed by atoms with Crippen molar-refractivity contribution in [3.05, 3.63) is 33.8 Å².